The summed E-state index contributed by atoms with van der Waals surface area (Å²) < 4.78 is 11.6. The van der Waals surface area contributed by atoms with E-state index in [1.54, 1.807) is 0 Å². The van der Waals surface area contributed by atoms with Crippen molar-refractivity contribution in [2.75, 3.05) is 31.0 Å². The van der Waals surface area contributed by atoms with Gasteiger partial charge >= 0.3 is 0 Å². The van der Waals surface area contributed by atoms with Crippen LogP contribution in [-0.2, 0) is 9.47 Å². The number of rotatable bonds is 5. The zero-order valence-corrected chi connectivity index (χ0v) is 13.5. The molecule has 4 nitrogen and oxygen atoms in total. The van der Waals surface area contributed by atoms with Gasteiger partial charge in [0.15, 0.2) is 5.79 Å². The third-order valence-corrected chi connectivity index (χ3v) is 5.02. The molecule has 1 aromatic rings. The molecule has 0 radical (unpaired) electrons. The molecule has 1 saturated carbocycles. The molecule has 1 aliphatic carbocycles. The maximum atomic E-state index is 9.46. The third kappa shape index (κ3) is 3.74. The van der Waals surface area contributed by atoms with E-state index in [2.05, 4.69) is 29.6 Å². The Hall–Kier alpha value is -0.810. The number of anilines is 1. The van der Waals surface area contributed by atoms with E-state index < -0.39 is 6.10 Å². The van der Waals surface area contributed by atoms with E-state index in [0.717, 1.165) is 44.6 Å². The summed E-state index contributed by atoms with van der Waals surface area (Å²) in [6.07, 6.45) is 3.68. The van der Waals surface area contributed by atoms with Crippen LogP contribution in [0.15, 0.2) is 24.3 Å². The molecule has 122 valence electrons. The van der Waals surface area contributed by atoms with Crippen LogP contribution in [0.3, 0.4) is 0 Å². The van der Waals surface area contributed by atoms with Crippen molar-refractivity contribution in [3.63, 3.8) is 0 Å². The number of benzene rings is 1. The lowest BCUT2D eigenvalue weighted by molar-refractivity contribution is -0.178. The van der Waals surface area contributed by atoms with Crippen LogP contribution in [0.4, 0.5) is 5.69 Å². The Balaban J connectivity index is 1.53. The van der Waals surface area contributed by atoms with Gasteiger partial charge in [0, 0.05) is 25.1 Å². The molecule has 1 heterocycles. The number of aliphatic hydroxyl groups excluding tert-OH is 1. The summed E-state index contributed by atoms with van der Waals surface area (Å²) in [5.41, 5.74) is 2.39. The SMILES string of the molecule is OC(CCl)CNc1ccc(C2CCC3(CC2)OCCO3)cc1. The number of nitrogens with one attached hydrogen (secondary N) is 1. The van der Waals surface area contributed by atoms with Gasteiger partial charge in [-0.3, -0.25) is 0 Å². The normalized spacial score (nSPS) is 22.8. The van der Waals surface area contributed by atoms with E-state index in [9.17, 15) is 5.11 Å². The highest BCUT2D eigenvalue weighted by atomic mass is 35.5. The van der Waals surface area contributed by atoms with Crippen LogP contribution in [0.2, 0.25) is 0 Å². The largest absolute Gasteiger partial charge is 0.390 e. The highest BCUT2D eigenvalue weighted by Crippen LogP contribution is 2.42. The Morgan fingerprint density at radius 1 is 1.18 bits per heavy atom. The summed E-state index contributed by atoms with van der Waals surface area (Å²) in [7, 11) is 0. The van der Waals surface area contributed by atoms with Crippen LogP contribution in [0.5, 0.6) is 0 Å². The van der Waals surface area contributed by atoms with Crippen LogP contribution in [0.1, 0.15) is 37.2 Å². The van der Waals surface area contributed by atoms with Crippen molar-refractivity contribution in [2.45, 2.75) is 43.5 Å². The van der Waals surface area contributed by atoms with Gasteiger partial charge in [-0.05, 0) is 36.5 Å². The van der Waals surface area contributed by atoms with Crippen LogP contribution < -0.4 is 5.32 Å². The quantitative estimate of drug-likeness (QED) is 0.817. The highest BCUT2D eigenvalue weighted by Gasteiger charge is 2.40. The summed E-state index contributed by atoms with van der Waals surface area (Å²) >= 11 is 5.59. The highest BCUT2D eigenvalue weighted by molar-refractivity contribution is 6.18. The molecule has 1 aliphatic heterocycles. The van der Waals surface area contributed by atoms with Crippen molar-refractivity contribution in [1.82, 2.24) is 0 Å². The number of alkyl halides is 1. The molecule has 22 heavy (non-hydrogen) atoms. The lowest BCUT2D eigenvalue weighted by Crippen LogP contribution is -2.34. The Labute approximate surface area is 136 Å². The first kappa shape index (κ1) is 16.1. The van der Waals surface area contributed by atoms with Crippen molar-refractivity contribution in [2.24, 2.45) is 0 Å². The van der Waals surface area contributed by atoms with Gasteiger partial charge in [-0.25, -0.2) is 0 Å². The summed E-state index contributed by atoms with van der Waals surface area (Å²) in [6.45, 7) is 1.95. The summed E-state index contributed by atoms with van der Waals surface area (Å²) in [6, 6.07) is 8.50. The molecule has 1 unspecified atom stereocenters. The third-order valence-electron chi connectivity index (χ3n) is 4.66. The predicted molar refractivity (Wildman–Crippen MR) is 87.5 cm³/mol. The molecule has 0 aromatic heterocycles. The van der Waals surface area contributed by atoms with Gasteiger partial charge in [0.05, 0.1) is 25.2 Å². The van der Waals surface area contributed by atoms with Crippen molar-refractivity contribution in [1.29, 1.82) is 0 Å². The number of hydrogen-bond donors (Lipinski definition) is 2. The molecular weight excluding hydrogens is 302 g/mol. The van der Waals surface area contributed by atoms with Gasteiger partial charge in [-0.2, -0.15) is 0 Å². The Morgan fingerprint density at radius 3 is 2.41 bits per heavy atom. The molecule has 1 aromatic carbocycles. The first-order chi connectivity index (χ1) is 10.7. The minimum Gasteiger partial charge on any atom is -0.390 e. The van der Waals surface area contributed by atoms with E-state index in [1.807, 2.05) is 0 Å². The van der Waals surface area contributed by atoms with Crippen molar-refractivity contribution in [3.05, 3.63) is 29.8 Å². The first-order valence-electron chi connectivity index (χ1n) is 8.06. The van der Waals surface area contributed by atoms with Crippen LogP contribution >= 0.6 is 11.6 Å². The Kier molecular flexibility index (Phi) is 5.24. The molecular formula is C17H24ClNO3. The van der Waals surface area contributed by atoms with Crippen LogP contribution in [0, 0.1) is 0 Å². The molecule has 0 bridgehead atoms. The molecule has 1 saturated heterocycles. The average molecular weight is 326 g/mol. The van der Waals surface area contributed by atoms with E-state index in [0.29, 0.717) is 12.5 Å². The second-order valence-corrected chi connectivity index (χ2v) is 6.50. The minimum atomic E-state index is -0.512. The smallest absolute Gasteiger partial charge is 0.168 e. The molecule has 5 heteroatoms. The van der Waals surface area contributed by atoms with Gasteiger partial charge < -0.3 is 19.9 Å². The fraction of sp³-hybridized carbons (Fsp3) is 0.647. The molecule has 2 fully saturated rings. The lowest BCUT2D eigenvalue weighted by Gasteiger charge is -2.35. The van der Waals surface area contributed by atoms with Crippen molar-refractivity contribution in [3.8, 4) is 0 Å². The maximum absolute atomic E-state index is 9.46. The minimum absolute atomic E-state index is 0.249. The van der Waals surface area contributed by atoms with Crippen molar-refractivity contribution < 1.29 is 14.6 Å². The Bertz CT molecular complexity index is 463. The van der Waals surface area contributed by atoms with Gasteiger partial charge in [0.2, 0.25) is 0 Å². The van der Waals surface area contributed by atoms with E-state index in [-0.39, 0.29) is 11.7 Å². The average Bonchev–Trinajstić information content (AvgIpc) is 3.02. The van der Waals surface area contributed by atoms with E-state index in [1.165, 1.54) is 5.56 Å². The fourth-order valence-electron chi connectivity index (χ4n) is 3.34. The van der Waals surface area contributed by atoms with E-state index in [4.69, 9.17) is 21.1 Å². The van der Waals surface area contributed by atoms with Crippen LogP contribution in [-0.4, -0.2) is 42.6 Å². The number of aliphatic hydroxyl groups is 1. The topological polar surface area (TPSA) is 50.7 Å². The molecule has 0 amide bonds. The second-order valence-electron chi connectivity index (χ2n) is 6.19. The zero-order valence-electron chi connectivity index (χ0n) is 12.8. The lowest BCUT2D eigenvalue weighted by atomic mass is 9.81. The zero-order chi connectivity index (χ0) is 15.4. The van der Waals surface area contributed by atoms with Gasteiger partial charge in [0.25, 0.3) is 0 Å². The first-order valence-corrected chi connectivity index (χ1v) is 8.60. The van der Waals surface area contributed by atoms with Gasteiger partial charge in [0.1, 0.15) is 0 Å². The number of hydrogen-bond acceptors (Lipinski definition) is 4. The van der Waals surface area contributed by atoms with E-state index >= 15 is 0 Å². The summed E-state index contributed by atoms with van der Waals surface area (Å²) in [4.78, 5) is 0. The fourth-order valence-corrected chi connectivity index (χ4v) is 3.45. The Morgan fingerprint density at radius 2 is 1.82 bits per heavy atom. The monoisotopic (exact) mass is 325 g/mol. The predicted octanol–water partition coefficient (Wildman–Crippen LogP) is 3.10. The summed E-state index contributed by atoms with van der Waals surface area (Å²) in [5, 5.41) is 12.7. The molecule has 1 atom stereocenters. The molecule has 1 spiro atoms. The molecule has 3 rings (SSSR count). The molecule has 2 N–H and O–H groups in total. The van der Waals surface area contributed by atoms with Gasteiger partial charge in [-0.1, -0.05) is 12.1 Å². The number of ether oxygens (including phenoxy) is 2. The van der Waals surface area contributed by atoms with Crippen molar-refractivity contribution >= 4 is 17.3 Å². The molecule has 2 aliphatic rings. The van der Waals surface area contributed by atoms with Gasteiger partial charge in [-0.15, -0.1) is 11.6 Å². The summed E-state index contributed by atoms with van der Waals surface area (Å²) in [5.74, 6) is 0.551. The van der Waals surface area contributed by atoms with Crippen LogP contribution in [0.25, 0.3) is 0 Å². The second kappa shape index (κ2) is 7.18. The number of halogens is 1. The standard InChI is InChI=1S/C17H24ClNO3/c18-11-16(20)12-19-15-3-1-13(2-4-15)14-5-7-17(8-6-14)21-9-10-22-17/h1-4,14,16,19-20H,5-12H2. The maximum Gasteiger partial charge on any atom is 0.168 e.